The van der Waals surface area contributed by atoms with Crippen molar-refractivity contribution in [3.05, 3.63) is 57.4 Å². The molecule has 164 valence electrons. The van der Waals surface area contributed by atoms with Gasteiger partial charge in [0.05, 0.1) is 42.2 Å². The Morgan fingerprint density at radius 2 is 1.97 bits per heavy atom. The van der Waals surface area contributed by atoms with Gasteiger partial charge in [0.2, 0.25) is 0 Å². The Morgan fingerprint density at radius 1 is 1.16 bits per heavy atom. The third-order valence-electron chi connectivity index (χ3n) is 6.87. The molecule has 0 amide bonds. The van der Waals surface area contributed by atoms with E-state index in [4.69, 9.17) is 14.5 Å². The standard InChI is InChI=1S/C24H23N3O5/c1-2-24(30)18-11-20-21-15(12-27(20)22(28)17(18)13-32-23(24)29)9-14-10-16(3-4-19(14)25-21)26-5-7-31-8-6-26/h3-4,9-11,30H,2,5-8,12-13H2,1H3/t24-/m0/s1. The zero-order chi connectivity index (χ0) is 22.0. The van der Waals surface area contributed by atoms with Gasteiger partial charge >= 0.3 is 5.97 Å². The number of hydrogen-bond acceptors (Lipinski definition) is 7. The summed E-state index contributed by atoms with van der Waals surface area (Å²) in [5.74, 6) is -0.711. The number of nitrogens with zero attached hydrogens (tertiary/aromatic N) is 3. The average molecular weight is 433 g/mol. The van der Waals surface area contributed by atoms with Crippen molar-refractivity contribution < 1.29 is 19.4 Å². The summed E-state index contributed by atoms with van der Waals surface area (Å²) < 4.78 is 12.2. The fourth-order valence-corrected chi connectivity index (χ4v) is 4.99. The number of aromatic nitrogens is 2. The normalized spacial score (nSPS) is 21.8. The zero-order valence-electron chi connectivity index (χ0n) is 17.8. The number of carbonyl (C=O) groups excluding carboxylic acids is 1. The molecule has 3 aromatic rings. The van der Waals surface area contributed by atoms with Gasteiger partial charge in [0, 0.05) is 35.3 Å². The zero-order valence-corrected chi connectivity index (χ0v) is 17.8. The van der Waals surface area contributed by atoms with Crippen molar-refractivity contribution in [3.8, 4) is 11.4 Å². The largest absolute Gasteiger partial charge is 0.458 e. The lowest BCUT2D eigenvalue weighted by atomic mass is 9.86. The number of morpholine rings is 1. The third-order valence-corrected chi connectivity index (χ3v) is 6.87. The van der Waals surface area contributed by atoms with Gasteiger partial charge in [-0.3, -0.25) is 4.79 Å². The summed E-state index contributed by atoms with van der Waals surface area (Å²) >= 11 is 0. The first-order valence-corrected chi connectivity index (χ1v) is 10.9. The van der Waals surface area contributed by atoms with Crippen LogP contribution >= 0.6 is 0 Å². The molecule has 8 heteroatoms. The molecule has 0 bridgehead atoms. The molecule has 3 aliphatic heterocycles. The van der Waals surface area contributed by atoms with E-state index in [1.165, 1.54) is 0 Å². The summed E-state index contributed by atoms with van der Waals surface area (Å²) in [4.78, 5) is 32.7. The lowest BCUT2D eigenvalue weighted by Crippen LogP contribution is -2.44. The number of cyclic esters (lactones) is 1. The van der Waals surface area contributed by atoms with Crippen LogP contribution in [-0.2, 0) is 33.0 Å². The van der Waals surface area contributed by atoms with Gasteiger partial charge in [-0.2, -0.15) is 0 Å². The lowest BCUT2D eigenvalue weighted by Gasteiger charge is -2.31. The van der Waals surface area contributed by atoms with Crippen molar-refractivity contribution in [1.29, 1.82) is 0 Å². The SMILES string of the molecule is CC[C@@]1(O)C(=O)OCc2c1cc1n(c2=O)Cc2cc3cc(N4CCOCC4)ccc3nc2-1. The molecule has 8 nitrogen and oxygen atoms in total. The Labute approximate surface area is 184 Å². The van der Waals surface area contributed by atoms with Crippen LogP contribution in [0.15, 0.2) is 35.1 Å². The molecule has 2 aromatic heterocycles. The topological polar surface area (TPSA) is 93.9 Å². The number of pyridine rings is 2. The van der Waals surface area contributed by atoms with E-state index in [1.54, 1.807) is 17.6 Å². The molecule has 5 heterocycles. The lowest BCUT2D eigenvalue weighted by molar-refractivity contribution is -0.172. The van der Waals surface area contributed by atoms with Crippen LogP contribution in [0.3, 0.4) is 0 Å². The molecule has 1 aromatic carbocycles. The monoisotopic (exact) mass is 433 g/mol. The second-order valence-corrected chi connectivity index (χ2v) is 8.58. The maximum absolute atomic E-state index is 13.3. The highest BCUT2D eigenvalue weighted by atomic mass is 16.6. The predicted octanol–water partition coefficient (Wildman–Crippen LogP) is 1.92. The van der Waals surface area contributed by atoms with E-state index in [2.05, 4.69) is 23.1 Å². The van der Waals surface area contributed by atoms with E-state index in [0.29, 0.717) is 29.1 Å². The summed E-state index contributed by atoms with van der Waals surface area (Å²) in [5.41, 5.74) is 2.89. The van der Waals surface area contributed by atoms with E-state index in [1.807, 2.05) is 6.07 Å². The highest BCUT2D eigenvalue weighted by Crippen LogP contribution is 2.38. The molecule has 1 fully saturated rings. The Kier molecular flexibility index (Phi) is 4.18. The van der Waals surface area contributed by atoms with Crippen LogP contribution in [0.5, 0.6) is 0 Å². The number of rotatable bonds is 2. The van der Waals surface area contributed by atoms with Gasteiger partial charge in [-0.1, -0.05) is 6.92 Å². The van der Waals surface area contributed by atoms with E-state index in [0.717, 1.165) is 48.5 Å². The van der Waals surface area contributed by atoms with Gasteiger partial charge in [-0.25, -0.2) is 9.78 Å². The van der Waals surface area contributed by atoms with Crippen LogP contribution < -0.4 is 10.5 Å². The quantitative estimate of drug-likeness (QED) is 0.483. The van der Waals surface area contributed by atoms with Crippen LogP contribution in [-0.4, -0.2) is 46.9 Å². The molecule has 0 radical (unpaired) electrons. The predicted molar refractivity (Wildman–Crippen MR) is 118 cm³/mol. The molecule has 3 aliphatic rings. The Morgan fingerprint density at radius 3 is 2.75 bits per heavy atom. The van der Waals surface area contributed by atoms with Crippen molar-refractivity contribution in [3.63, 3.8) is 0 Å². The van der Waals surface area contributed by atoms with Crippen molar-refractivity contribution in [2.75, 3.05) is 31.2 Å². The van der Waals surface area contributed by atoms with E-state index < -0.39 is 11.6 Å². The fraction of sp³-hybridized carbons (Fsp3) is 0.375. The highest BCUT2D eigenvalue weighted by Gasteiger charge is 2.45. The molecule has 1 saturated heterocycles. The molecule has 6 rings (SSSR count). The second kappa shape index (κ2) is 6.88. The second-order valence-electron chi connectivity index (χ2n) is 8.58. The number of fused-ring (bicyclic) bond motifs is 5. The van der Waals surface area contributed by atoms with Gasteiger partial charge < -0.3 is 24.0 Å². The first-order valence-electron chi connectivity index (χ1n) is 10.9. The summed E-state index contributed by atoms with van der Waals surface area (Å²) in [5, 5.41) is 12.0. The maximum Gasteiger partial charge on any atom is 0.343 e. The van der Waals surface area contributed by atoms with Crippen LogP contribution in [0, 0.1) is 0 Å². The van der Waals surface area contributed by atoms with Crippen LogP contribution in [0.1, 0.15) is 30.0 Å². The fourth-order valence-electron chi connectivity index (χ4n) is 4.99. The van der Waals surface area contributed by atoms with Crippen molar-refractivity contribution in [2.45, 2.75) is 32.1 Å². The summed E-state index contributed by atoms with van der Waals surface area (Å²) in [7, 11) is 0. The van der Waals surface area contributed by atoms with Gasteiger partial charge in [-0.15, -0.1) is 0 Å². The number of esters is 1. The van der Waals surface area contributed by atoms with E-state index in [9.17, 15) is 14.7 Å². The molecule has 0 unspecified atom stereocenters. The van der Waals surface area contributed by atoms with E-state index in [-0.39, 0.29) is 18.6 Å². The molecule has 0 saturated carbocycles. The van der Waals surface area contributed by atoms with Gasteiger partial charge in [-0.05, 0) is 36.8 Å². The molecule has 1 N–H and O–H groups in total. The summed E-state index contributed by atoms with van der Waals surface area (Å²) in [6, 6.07) is 10.0. The number of aliphatic hydroxyl groups is 1. The minimum absolute atomic E-state index is 0.121. The number of carbonyl (C=O) groups is 1. The smallest absolute Gasteiger partial charge is 0.343 e. The molecular weight excluding hydrogens is 410 g/mol. The number of anilines is 1. The number of ether oxygens (including phenoxy) is 2. The van der Waals surface area contributed by atoms with Crippen molar-refractivity contribution in [1.82, 2.24) is 9.55 Å². The minimum Gasteiger partial charge on any atom is -0.458 e. The minimum atomic E-state index is -1.81. The summed E-state index contributed by atoms with van der Waals surface area (Å²) in [6.07, 6.45) is 0.129. The van der Waals surface area contributed by atoms with Crippen LogP contribution in [0.4, 0.5) is 5.69 Å². The molecule has 32 heavy (non-hydrogen) atoms. The van der Waals surface area contributed by atoms with Gasteiger partial charge in [0.25, 0.3) is 5.56 Å². The van der Waals surface area contributed by atoms with Crippen LogP contribution in [0.25, 0.3) is 22.3 Å². The first-order chi connectivity index (χ1) is 15.5. The Hall–Kier alpha value is -3.23. The van der Waals surface area contributed by atoms with Crippen molar-refractivity contribution in [2.24, 2.45) is 0 Å². The Balaban J connectivity index is 1.49. The number of benzene rings is 1. The number of hydrogen-bond donors (Lipinski definition) is 1. The highest BCUT2D eigenvalue weighted by molar-refractivity contribution is 5.88. The third kappa shape index (κ3) is 2.66. The molecule has 0 spiro atoms. The van der Waals surface area contributed by atoms with Crippen LogP contribution in [0.2, 0.25) is 0 Å². The Bertz CT molecular complexity index is 1340. The van der Waals surface area contributed by atoms with E-state index >= 15 is 0 Å². The average Bonchev–Trinajstić information content (AvgIpc) is 3.18. The molecular formula is C24H23N3O5. The maximum atomic E-state index is 13.3. The summed E-state index contributed by atoms with van der Waals surface area (Å²) in [6.45, 7) is 5.14. The first kappa shape index (κ1) is 19.5. The van der Waals surface area contributed by atoms with Crippen molar-refractivity contribution >= 4 is 22.6 Å². The molecule has 1 atom stereocenters. The van der Waals surface area contributed by atoms with Gasteiger partial charge in [0.1, 0.15) is 6.61 Å². The van der Waals surface area contributed by atoms with Gasteiger partial charge in [0.15, 0.2) is 5.60 Å². The molecule has 0 aliphatic carbocycles.